The van der Waals surface area contributed by atoms with Crippen molar-refractivity contribution in [2.75, 3.05) is 6.61 Å². The average Bonchev–Trinajstić information content (AvgIpc) is 3.17. The number of alkyl halides is 6. The van der Waals surface area contributed by atoms with Crippen molar-refractivity contribution in [1.82, 2.24) is 9.96 Å². The highest BCUT2D eigenvalue weighted by Gasteiger charge is 2.70. The number of nitrogens with zero attached hydrogens (tertiary/aromatic N) is 4. The molecule has 6 N–H and O–H groups in total. The van der Waals surface area contributed by atoms with Crippen molar-refractivity contribution in [2.45, 2.75) is 56.1 Å². The van der Waals surface area contributed by atoms with Gasteiger partial charge in [0.25, 0.3) is 0 Å². The molecule has 1 aromatic carbocycles. The first-order valence-corrected chi connectivity index (χ1v) is 10.6. The molecule has 4 rings (SSSR count). The van der Waals surface area contributed by atoms with E-state index in [1.54, 1.807) is 0 Å². The molecule has 0 aromatic heterocycles. The molecular formula is C20H22F6N6O4. The Hall–Kier alpha value is -3.27. The van der Waals surface area contributed by atoms with E-state index < -0.39 is 77.4 Å². The van der Waals surface area contributed by atoms with Crippen molar-refractivity contribution < 1.29 is 46.2 Å². The maximum Gasteiger partial charge on any atom is 0.416 e. The summed E-state index contributed by atoms with van der Waals surface area (Å²) < 4.78 is 84.9. The maximum atomic E-state index is 13.2. The third kappa shape index (κ3) is 3.61. The number of rotatable bonds is 3. The number of aliphatic hydroxyl groups excluding tert-OH is 1. The zero-order valence-corrected chi connectivity index (χ0v) is 18.7. The lowest BCUT2D eigenvalue weighted by molar-refractivity contribution is -0.172. The van der Waals surface area contributed by atoms with Gasteiger partial charge in [0.15, 0.2) is 11.6 Å². The predicted octanol–water partition coefficient (Wildman–Crippen LogP) is 1.36. The van der Waals surface area contributed by atoms with E-state index in [-0.39, 0.29) is 30.1 Å². The molecule has 0 aliphatic carbocycles. The standard InChI is InChI=1S/C20H22F6N6O4/c1-7-13(36-15(34)9-3-10(19(21,22)23)5-11(4-9)20(24,25)26)8(2)31-16(27)29-12(6-33)14-18(7,31)32(35)17(28)30-14/h3-5,7-8,12-14,33,35H,6H2,1-2H3,(H2,27,29)(H2,28,30). The molecule has 1 aromatic rings. The second kappa shape index (κ2) is 8.12. The number of guanidine groups is 2. The van der Waals surface area contributed by atoms with Gasteiger partial charge >= 0.3 is 18.3 Å². The number of ether oxygens (including phenoxy) is 1. The number of hydrogen-bond donors (Lipinski definition) is 4. The van der Waals surface area contributed by atoms with Crippen LogP contribution in [0.2, 0.25) is 0 Å². The molecule has 0 radical (unpaired) electrons. The lowest BCUT2D eigenvalue weighted by Crippen LogP contribution is -2.72. The highest BCUT2D eigenvalue weighted by atomic mass is 19.4. The van der Waals surface area contributed by atoms with Crippen molar-refractivity contribution in [1.29, 1.82) is 0 Å². The lowest BCUT2D eigenvalue weighted by Gasteiger charge is -2.49. The summed E-state index contributed by atoms with van der Waals surface area (Å²) in [7, 11) is 0. The molecule has 0 amide bonds. The van der Waals surface area contributed by atoms with E-state index in [0.29, 0.717) is 5.06 Å². The van der Waals surface area contributed by atoms with Gasteiger partial charge < -0.3 is 26.2 Å². The molecule has 0 bridgehead atoms. The van der Waals surface area contributed by atoms with Crippen LogP contribution in [0.5, 0.6) is 0 Å². The Kier molecular flexibility index (Phi) is 5.83. The van der Waals surface area contributed by atoms with Gasteiger partial charge in [-0.1, -0.05) is 6.92 Å². The van der Waals surface area contributed by atoms with Crippen LogP contribution in [0, 0.1) is 5.92 Å². The third-order valence-electron chi connectivity index (χ3n) is 6.86. The molecule has 36 heavy (non-hydrogen) atoms. The van der Waals surface area contributed by atoms with E-state index in [4.69, 9.17) is 16.2 Å². The zero-order valence-electron chi connectivity index (χ0n) is 18.7. The first-order chi connectivity index (χ1) is 16.5. The van der Waals surface area contributed by atoms with E-state index in [1.165, 1.54) is 18.7 Å². The van der Waals surface area contributed by atoms with Crippen LogP contribution in [-0.4, -0.2) is 74.7 Å². The number of nitrogens with two attached hydrogens (primary N) is 2. The Morgan fingerprint density at radius 2 is 1.61 bits per heavy atom. The van der Waals surface area contributed by atoms with Crippen molar-refractivity contribution in [3.63, 3.8) is 0 Å². The molecule has 3 aliphatic heterocycles. The first-order valence-electron chi connectivity index (χ1n) is 10.6. The molecule has 1 saturated heterocycles. The van der Waals surface area contributed by atoms with E-state index in [1.807, 2.05) is 0 Å². The summed E-state index contributed by atoms with van der Waals surface area (Å²) in [4.78, 5) is 22.6. The monoisotopic (exact) mass is 524 g/mol. The van der Waals surface area contributed by atoms with Crippen LogP contribution in [0.25, 0.3) is 0 Å². The molecule has 1 fully saturated rings. The van der Waals surface area contributed by atoms with Crippen LogP contribution in [0.4, 0.5) is 26.3 Å². The van der Waals surface area contributed by atoms with Crippen molar-refractivity contribution in [3.8, 4) is 0 Å². The average molecular weight is 524 g/mol. The molecule has 6 atom stereocenters. The number of esters is 1. The minimum absolute atomic E-state index is 0.101. The molecule has 198 valence electrons. The Morgan fingerprint density at radius 3 is 2.11 bits per heavy atom. The quantitative estimate of drug-likeness (QED) is 0.342. The van der Waals surface area contributed by atoms with Gasteiger partial charge in [0.1, 0.15) is 18.2 Å². The Bertz CT molecular complexity index is 1110. The molecule has 3 heterocycles. The van der Waals surface area contributed by atoms with Gasteiger partial charge in [0.05, 0.1) is 29.3 Å². The van der Waals surface area contributed by atoms with Gasteiger partial charge in [-0.05, 0) is 25.1 Å². The number of hydrogen-bond acceptors (Lipinski definition) is 10. The largest absolute Gasteiger partial charge is 0.456 e. The summed E-state index contributed by atoms with van der Waals surface area (Å²) in [5.74, 6) is -2.86. The number of carbonyl (C=O) groups excluding carboxylic acids is 1. The van der Waals surface area contributed by atoms with Crippen LogP contribution in [0.1, 0.15) is 35.3 Å². The topological polar surface area (TPSA) is 150 Å². The minimum Gasteiger partial charge on any atom is -0.456 e. The van der Waals surface area contributed by atoms with Crippen LogP contribution in [0.3, 0.4) is 0 Å². The zero-order chi connectivity index (χ0) is 27.0. The lowest BCUT2D eigenvalue weighted by atomic mass is 9.82. The summed E-state index contributed by atoms with van der Waals surface area (Å²) in [6, 6.07) is -2.36. The van der Waals surface area contributed by atoms with Gasteiger partial charge in [-0.2, -0.15) is 31.4 Å². The van der Waals surface area contributed by atoms with Crippen LogP contribution < -0.4 is 11.5 Å². The van der Waals surface area contributed by atoms with Crippen molar-refractivity contribution in [2.24, 2.45) is 27.4 Å². The van der Waals surface area contributed by atoms with Gasteiger partial charge in [0.2, 0.25) is 5.96 Å². The van der Waals surface area contributed by atoms with E-state index in [0.717, 1.165) is 0 Å². The molecule has 3 aliphatic rings. The Morgan fingerprint density at radius 1 is 1.06 bits per heavy atom. The predicted molar refractivity (Wildman–Crippen MR) is 110 cm³/mol. The number of aliphatic imine (C=N–C) groups is 2. The first kappa shape index (κ1) is 25.8. The molecular weight excluding hydrogens is 502 g/mol. The smallest absolute Gasteiger partial charge is 0.416 e. The van der Waals surface area contributed by atoms with Gasteiger partial charge in [-0.15, -0.1) is 0 Å². The fraction of sp³-hybridized carbons (Fsp3) is 0.550. The van der Waals surface area contributed by atoms with Crippen LogP contribution in [0.15, 0.2) is 28.2 Å². The molecule has 10 nitrogen and oxygen atoms in total. The number of aliphatic hydroxyl groups is 1. The Labute approximate surface area is 199 Å². The fourth-order valence-corrected chi connectivity index (χ4v) is 5.33. The SMILES string of the molecule is CC1C(OC(=O)c2cc(C(F)(F)F)cc(C(F)(F)F)c2)C(C)C23C(N=C(N)N2O)C(CO)N=C(N)N13. The third-order valence-corrected chi connectivity index (χ3v) is 6.86. The second-order valence-electron chi connectivity index (χ2n) is 8.83. The summed E-state index contributed by atoms with van der Waals surface area (Å²) >= 11 is 0. The van der Waals surface area contributed by atoms with Gasteiger partial charge in [0, 0.05) is 5.92 Å². The number of benzene rings is 1. The van der Waals surface area contributed by atoms with Crippen LogP contribution in [-0.2, 0) is 17.1 Å². The molecule has 0 saturated carbocycles. The minimum atomic E-state index is -5.16. The summed E-state index contributed by atoms with van der Waals surface area (Å²) in [5, 5.41) is 21.2. The fourth-order valence-electron chi connectivity index (χ4n) is 5.33. The van der Waals surface area contributed by atoms with E-state index >= 15 is 0 Å². The second-order valence-corrected chi connectivity index (χ2v) is 8.83. The van der Waals surface area contributed by atoms with Gasteiger partial charge in [-0.25, -0.2) is 14.8 Å². The highest BCUT2D eigenvalue weighted by molar-refractivity contribution is 5.91. The Balaban J connectivity index is 1.73. The van der Waals surface area contributed by atoms with Gasteiger partial charge in [-0.3, -0.25) is 5.21 Å². The van der Waals surface area contributed by atoms with Crippen LogP contribution >= 0.6 is 0 Å². The molecule has 6 unspecified atom stereocenters. The molecule has 16 heteroatoms. The van der Waals surface area contributed by atoms with E-state index in [9.17, 15) is 41.5 Å². The maximum absolute atomic E-state index is 13.2. The van der Waals surface area contributed by atoms with Crippen molar-refractivity contribution >= 4 is 17.9 Å². The van der Waals surface area contributed by atoms with Crippen molar-refractivity contribution in [3.05, 3.63) is 34.9 Å². The van der Waals surface area contributed by atoms with E-state index in [2.05, 4.69) is 9.98 Å². The number of carbonyl (C=O) groups is 1. The summed E-state index contributed by atoms with van der Waals surface area (Å²) in [5.41, 5.74) is 6.00. The summed E-state index contributed by atoms with van der Waals surface area (Å²) in [6.07, 6.45) is -11.5. The number of halogens is 6. The normalized spacial score (nSPS) is 32.1. The molecule has 1 spiro atoms. The highest BCUT2D eigenvalue weighted by Crippen LogP contribution is 2.51. The number of hydroxylamine groups is 2. The summed E-state index contributed by atoms with van der Waals surface area (Å²) in [6.45, 7) is 2.50.